The SMILES string of the molecule is CCSc1ccccc1C(=O)NCC1CCN(C(=O)c2ccncc2)CC1. The molecule has 0 saturated carbocycles. The van der Waals surface area contributed by atoms with Gasteiger partial charge in [-0.15, -0.1) is 11.8 Å². The van der Waals surface area contributed by atoms with Crippen LogP contribution in [-0.2, 0) is 0 Å². The van der Waals surface area contributed by atoms with Crippen molar-refractivity contribution in [3.63, 3.8) is 0 Å². The summed E-state index contributed by atoms with van der Waals surface area (Å²) in [6.45, 7) is 4.19. The zero-order chi connectivity index (χ0) is 19.1. The van der Waals surface area contributed by atoms with Gasteiger partial charge >= 0.3 is 0 Å². The van der Waals surface area contributed by atoms with Crippen LogP contribution in [0, 0.1) is 5.92 Å². The fourth-order valence-electron chi connectivity index (χ4n) is 3.29. The fourth-order valence-corrected chi connectivity index (χ4v) is 4.09. The van der Waals surface area contributed by atoms with E-state index in [9.17, 15) is 9.59 Å². The van der Waals surface area contributed by atoms with Crippen molar-refractivity contribution >= 4 is 23.6 Å². The van der Waals surface area contributed by atoms with E-state index in [0.29, 0.717) is 18.0 Å². The van der Waals surface area contributed by atoms with E-state index >= 15 is 0 Å². The van der Waals surface area contributed by atoms with Crippen molar-refractivity contribution in [1.82, 2.24) is 15.2 Å². The summed E-state index contributed by atoms with van der Waals surface area (Å²) in [6.07, 6.45) is 5.10. The summed E-state index contributed by atoms with van der Waals surface area (Å²) in [5, 5.41) is 3.08. The van der Waals surface area contributed by atoms with Crippen LogP contribution in [0.5, 0.6) is 0 Å². The van der Waals surface area contributed by atoms with E-state index in [1.165, 1.54) is 0 Å². The molecule has 1 N–H and O–H groups in total. The molecule has 1 saturated heterocycles. The molecule has 0 radical (unpaired) electrons. The maximum atomic E-state index is 12.5. The highest BCUT2D eigenvalue weighted by molar-refractivity contribution is 7.99. The molecule has 1 fully saturated rings. The Balaban J connectivity index is 1.48. The molecule has 1 aliphatic rings. The number of amides is 2. The molecular weight excluding hydrogens is 358 g/mol. The molecule has 0 bridgehead atoms. The Hall–Kier alpha value is -2.34. The molecule has 2 aromatic rings. The van der Waals surface area contributed by atoms with Crippen LogP contribution in [0.3, 0.4) is 0 Å². The smallest absolute Gasteiger partial charge is 0.253 e. The first kappa shape index (κ1) is 19.4. The summed E-state index contributed by atoms with van der Waals surface area (Å²) in [6, 6.07) is 11.2. The van der Waals surface area contributed by atoms with Gasteiger partial charge in [-0.3, -0.25) is 14.6 Å². The Morgan fingerprint density at radius 2 is 1.85 bits per heavy atom. The molecule has 2 amide bonds. The average molecular weight is 384 g/mol. The first-order chi connectivity index (χ1) is 13.2. The summed E-state index contributed by atoms with van der Waals surface area (Å²) in [4.78, 5) is 31.9. The van der Waals surface area contributed by atoms with Gasteiger partial charge in [0.2, 0.25) is 0 Å². The molecular formula is C21H25N3O2S. The molecule has 2 heterocycles. The lowest BCUT2D eigenvalue weighted by atomic mass is 9.96. The topological polar surface area (TPSA) is 62.3 Å². The number of hydrogen-bond donors (Lipinski definition) is 1. The molecule has 1 aromatic heterocycles. The molecule has 1 aliphatic heterocycles. The number of piperidine rings is 1. The Morgan fingerprint density at radius 1 is 1.15 bits per heavy atom. The van der Waals surface area contributed by atoms with Crippen LogP contribution in [0.2, 0.25) is 0 Å². The van der Waals surface area contributed by atoms with Gasteiger partial charge in [0.05, 0.1) is 5.56 Å². The number of nitrogens with one attached hydrogen (secondary N) is 1. The normalized spacial score (nSPS) is 14.8. The zero-order valence-electron chi connectivity index (χ0n) is 15.6. The van der Waals surface area contributed by atoms with Gasteiger partial charge in [-0.1, -0.05) is 19.1 Å². The number of thioether (sulfide) groups is 1. The molecule has 0 spiro atoms. The fraction of sp³-hybridized carbons (Fsp3) is 0.381. The second kappa shape index (κ2) is 9.55. The lowest BCUT2D eigenvalue weighted by Crippen LogP contribution is -2.41. The predicted molar refractivity (Wildman–Crippen MR) is 108 cm³/mol. The number of nitrogens with zero attached hydrogens (tertiary/aromatic N) is 2. The third kappa shape index (κ3) is 5.10. The number of aromatic nitrogens is 1. The van der Waals surface area contributed by atoms with Crippen LogP contribution in [0.1, 0.15) is 40.5 Å². The number of pyridine rings is 1. The third-order valence-electron chi connectivity index (χ3n) is 4.81. The monoisotopic (exact) mass is 383 g/mol. The van der Waals surface area contributed by atoms with Crippen LogP contribution < -0.4 is 5.32 Å². The summed E-state index contributed by atoms with van der Waals surface area (Å²) >= 11 is 1.68. The van der Waals surface area contributed by atoms with Gasteiger partial charge in [-0.2, -0.15) is 0 Å². The van der Waals surface area contributed by atoms with Gasteiger partial charge in [0.25, 0.3) is 11.8 Å². The zero-order valence-corrected chi connectivity index (χ0v) is 16.4. The largest absolute Gasteiger partial charge is 0.352 e. The lowest BCUT2D eigenvalue weighted by molar-refractivity contribution is 0.0684. The first-order valence-corrected chi connectivity index (χ1v) is 10.4. The number of carbonyl (C=O) groups excluding carboxylic acids is 2. The molecule has 1 aromatic carbocycles. The van der Waals surface area contributed by atoms with Crippen molar-refractivity contribution < 1.29 is 9.59 Å². The summed E-state index contributed by atoms with van der Waals surface area (Å²) in [5.74, 6) is 1.39. The Kier molecular flexibility index (Phi) is 6.87. The Morgan fingerprint density at radius 3 is 2.56 bits per heavy atom. The highest BCUT2D eigenvalue weighted by Crippen LogP contribution is 2.23. The van der Waals surface area contributed by atoms with Gasteiger partial charge in [0.15, 0.2) is 0 Å². The number of carbonyl (C=O) groups is 2. The van der Waals surface area contributed by atoms with E-state index in [4.69, 9.17) is 0 Å². The van der Waals surface area contributed by atoms with Gasteiger partial charge in [-0.25, -0.2) is 0 Å². The number of benzene rings is 1. The van der Waals surface area contributed by atoms with E-state index in [2.05, 4.69) is 17.2 Å². The maximum absolute atomic E-state index is 12.5. The summed E-state index contributed by atoms with van der Waals surface area (Å²) in [5.41, 5.74) is 1.43. The van der Waals surface area contributed by atoms with Gasteiger partial charge in [0.1, 0.15) is 0 Å². The van der Waals surface area contributed by atoms with E-state index < -0.39 is 0 Å². The molecule has 142 valence electrons. The lowest BCUT2D eigenvalue weighted by Gasteiger charge is -2.32. The van der Waals surface area contributed by atoms with Crippen molar-refractivity contribution in [2.75, 3.05) is 25.4 Å². The average Bonchev–Trinajstić information content (AvgIpc) is 2.73. The van der Waals surface area contributed by atoms with Crippen LogP contribution in [0.4, 0.5) is 0 Å². The molecule has 0 unspecified atom stereocenters. The van der Waals surface area contributed by atoms with Crippen molar-refractivity contribution in [3.8, 4) is 0 Å². The number of likely N-dealkylation sites (tertiary alicyclic amines) is 1. The van der Waals surface area contributed by atoms with Crippen molar-refractivity contribution in [2.45, 2.75) is 24.7 Å². The van der Waals surface area contributed by atoms with Gasteiger partial charge < -0.3 is 10.2 Å². The first-order valence-electron chi connectivity index (χ1n) is 9.38. The minimum atomic E-state index is -0.0122. The summed E-state index contributed by atoms with van der Waals surface area (Å²) < 4.78 is 0. The molecule has 0 aliphatic carbocycles. The van der Waals surface area contributed by atoms with Crippen LogP contribution in [0.15, 0.2) is 53.7 Å². The van der Waals surface area contributed by atoms with Crippen LogP contribution in [0.25, 0.3) is 0 Å². The standard InChI is InChI=1S/C21H25N3O2S/c1-2-27-19-6-4-3-5-18(19)20(25)23-15-16-9-13-24(14-10-16)21(26)17-7-11-22-12-8-17/h3-8,11-12,16H,2,9-10,13-15H2,1H3,(H,23,25). The quantitative estimate of drug-likeness (QED) is 0.776. The minimum Gasteiger partial charge on any atom is -0.352 e. The molecule has 5 nitrogen and oxygen atoms in total. The van der Waals surface area contributed by atoms with Crippen LogP contribution >= 0.6 is 11.8 Å². The second-order valence-corrected chi connectivity index (χ2v) is 7.92. The highest BCUT2D eigenvalue weighted by atomic mass is 32.2. The van der Waals surface area contributed by atoms with Crippen molar-refractivity contribution in [1.29, 1.82) is 0 Å². The Bertz CT molecular complexity index is 774. The van der Waals surface area contributed by atoms with E-state index in [0.717, 1.165) is 42.1 Å². The van der Waals surface area contributed by atoms with Gasteiger partial charge in [0, 0.05) is 42.5 Å². The van der Waals surface area contributed by atoms with E-state index in [1.807, 2.05) is 29.2 Å². The molecule has 0 atom stereocenters. The molecule has 27 heavy (non-hydrogen) atoms. The van der Waals surface area contributed by atoms with Crippen molar-refractivity contribution in [3.05, 3.63) is 59.9 Å². The van der Waals surface area contributed by atoms with Crippen molar-refractivity contribution in [2.24, 2.45) is 5.92 Å². The number of rotatable bonds is 6. The molecule has 3 rings (SSSR count). The van der Waals surface area contributed by atoms with Crippen LogP contribution in [-0.4, -0.2) is 47.1 Å². The minimum absolute atomic E-state index is 0.0122. The predicted octanol–water partition coefficient (Wildman–Crippen LogP) is 3.48. The van der Waals surface area contributed by atoms with E-state index in [1.54, 1.807) is 36.3 Å². The highest BCUT2D eigenvalue weighted by Gasteiger charge is 2.24. The molecule has 6 heteroatoms. The summed E-state index contributed by atoms with van der Waals surface area (Å²) in [7, 11) is 0. The van der Waals surface area contributed by atoms with E-state index in [-0.39, 0.29) is 11.8 Å². The number of hydrogen-bond acceptors (Lipinski definition) is 4. The third-order valence-corrected chi connectivity index (χ3v) is 5.77. The van der Waals surface area contributed by atoms with Gasteiger partial charge in [-0.05, 0) is 48.8 Å². The Labute approximate surface area is 164 Å². The maximum Gasteiger partial charge on any atom is 0.253 e. The second-order valence-electron chi connectivity index (χ2n) is 6.61.